The van der Waals surface area contributed by atoms with Gasteiger partial charge in [0.2, 0.25) is 5.91 Å². The number of rotatable bonds is 8. The quantitative estimate of drug-likeness (QED) is 0.518. The molecule has 0 spiro atoms. The number of hydrogen-bond acceptors (Lipinski definition) is 4. The number of aryl methyl sites for hydroxylation is 2. The molecule has 1 fully saturated rings. The highest BCUT2D eigenvalue weighted by atomic mass is 16.2. The standard InChI is InChI=1S/C27H37N5O2/c1-19-10-8-11-20(2)30(19)15-9-14-28-25(33)18-32-27(34)26-22(4)31(21(3)24(26)16-29-32)17-23-12-6-5-7-13-23/h5-7,12-13,16,19-20H,8-11,14-15,17-18H2,1-4H3,(H,28,33). The van der Waals surface area contributed by atoms with E-state index >= 15 is 0 Å². The van der Waals surface area contributed by atoms with Crippen LogP contribution in [-0.2, 0) is 17.9 Å². The zero-order valence-corrected chi connectivity index (χ0v) is 20.9. The SMILES string of the molecule is Cc1c2cnn(CC(=O)NCCCN3C(C)CCCC3C)c(=O)c2c(C)n1Cc1ccccc1. The van der Waals surface area contributed by atoms with Crippen LogP contribution in [0.2, 0.25) is 0 Å². The first-order valence-corrected chi connectivity index (χ1v) is 12.5. The van der Waals surface area contributed by atoms with Gasteiger partial charge in [0.25, 0.3) is 5.56 Å². The third-order valence-electron chi connectivity index (χ3n) is 7.37. The summed E-state index contributed by atoms with van der Waals surface area (Å²) in [7, 11) is 0. The summed E-state index contributed by atoms with van der Waals surface area (Å²) in [5.41, 5.74) is 2.88. The number of likely N-dealkylation sites (tertiary alicyclic amines) is 1. The third kappa shape index (κ3) is 5.09. The number of carbonyl (C=O) groups excluding carboxylic acids is 1. The minimum atomic E-state index is -0.212. The lowest BCUT2D eigenvalue weighted by molar-refractivity contribution is -0.121. The summed E-state index contributed by atoms with van der Waals surface area (Å²) in [5.74, 6) is -0.174. The number of carbonyl (C=O) groups is 1. The first kappa shape index (κ1) is 24.2. The van der Waals surface area contributed by atoms with Gasteiger partial charge in [-0.05, 0) is 52.5 Å². The molecule has 1 aromatic carbocycles. The van der Waals surface area contributed by atoms with E-state index in [0.29, 0.717) is 30.6 Å². The topological polar surface area (TPSA) is 72.2 Å². The van der Waals surface area contributed by atoms with E-state index in [4.69, 9.17) is 0 Å². The molecule has 2 aromatic heterocycles. The van der Waals surface area contributed by atoms with Gasteiger partial charge in [0.15, 0.2) is 0 Å². The molecule has 34 heavy (non-hydrogen) atoms. The van der Waals surface area contributed by atoms with Gasteiger partial charge in [-0.3, -0.25) is 14.5 Å². The number of nitrogens with one attached hydrogen (secondary N) is 1. The van der Waals surface area contributed by atoms with Crippen LogP contribution in [-0.4, -0.2) is 50.3 Å². The van der Waals surface area contributed by atoms with Crippen LogP contribution in [0.3, 0.4) is 0 Å². The zero-order chi connectivity index (χ0) is 24.2. The highest BCUT2D eigenvalue weighted by molar-refractivity contribution is 5.87. The van der Waals surface area contributed by atoms with E-state index in [0.717, 1.165) is 29.7 Å². The van der Waals surface area contributed by atoms with Crippen LogP contribution >= 0.6 is 0 Å². The molecule has 0 radical (unpaired) electrons. The maximum atomic E-state index is 13.2. The van der Waals surface area contributed by atoms with E-state index in [2.05, 4.69) is 45.9 Å². The Morgan fingerprint density at radius 3 is 2.50 bits per heavy atom. The molecule has 2 atom stereocenters. The van der Waals surface area contributed by atoms with E-state index in [1.54, 1.807) is 6.20 Å². The second-order valence-electron chi connectivity index (χ2n) is 9.71. The van der Waals surface area contributed by atoms with Crippen molar-refractivity contribution in [2.24, 2.45) is 0 Å². The Kier molecular flexibility index (Phi) is 7.51. The number of benzene rings is 1. The molecule has 7 heteroatoms. The second kappa shape index (κ2) is 10.6. The van der Waals surface area contributed by atoms with Crippen molar-refractivity contribution in [2.75, 3.05) is 13.1 Å². The number of nitrogens with zero attached hydrogens (tertiary/aromatic N) is 4. The summed E-state index contributed by atoms with van der Waals surface area (Å²) in [6.45, 7) is 10.8. The van der Waals surface area contributed by atoms with E-state index in [1.807, 2.05) is 32.0 Å². The average molecular weight is 464 g/mol. The normalized spacial score (nSPS) is 18.9. The molecule has 3 heterocycles. The van der Waals surface area contributed by atoms with Gasteiger partial charge < -0.3 is 9.88 Å². The highest BCUT2D eigenvalue weighted by Gasteiger charge is 2.24. The first-order valence-electron chi connectivity index (χ1n) is 12.5. The molecule has 2 unspecified atom stereocenters. The monoisotopic (exact) mass is 463 g/mol. The largest absolute Gasteiger partial charge is 0.354 e. The predicted molar refractivity (Wildman–Crippen MR) is 136 cm³/mol. The maximum Gasteiger partial charge on any atom is 0.276 e. The Morgan fingerprint density at radius 1 is 1.09 bits per heavy atom. The fraction of sp³-hybridized carbons (Fsp3) is 0.519. The van der Waals surface area contributed by atoms with Crippen molar-refractivity contribution in [1.82, 2.24) is 24.6 Å². The van der Waals surface area contributed by atoms with Crippen molar-refractivity contribution < 1.29 is 4.79 Å². The lowest BCUT2D eigenvalue weighted by atomic mass is 9.97. The van der Waals surface area contributed by atoms with Gasteiger partial charge in [-0.2, -0.15) is 5.10 Å². The zero-order valence-electron chi connectivity index (χ0n) is 20.9. The number of fused-ring (bicyclic) bond motifs is 1. The molecular weight excluding hydrogens is 426 g/mol. The summed E-state index contributed by atoms with van der Waals surface area (Å²) < 4.78 is 3.43. The fourth-order valence-electron chi connectivity index (χ4n) is 5.36. The molecule has 1 saturated heterocycles. The van der Waals surface area contributed by atoms with E-state index in [1.165, 1.54) is 29.5 Å². The summed E-state index contributed by atoms with van der Waals surface area (Å²) in [4.78, 5) is 28.3. The molecule has 3 aromatic rings. The molecule has 1 aliphatic heterocycles. The van der Waals surface area contributed by atoms with Crippen LogP contribution in [0, 0.1) is 13.8 Å². The molecule has 4 rings (SSSR count). The van der Waals surface area contributed by atoms with Crippen LogP contribution in [0.4, 0.5) is 0 Å². The highest BCUT2D eigenvalue weighted by Crippen LogP contribution is 2.23. The second-order valence-corrected chi connectivity index (χ2v) is 9.71. The van der Waals surface area contributed by atoms with Crippen LogP contribution < -0.4 is 10.9 Å². The van der Waals surface area contributed by atoms with Crippen molar-refractivity contribution in [3.8, 4) is 0 Å². The number of aromatic nitrogens is 3. The molecule has 1 N–H and O–H groups in total. The van der Waals surface area contributed by atoms with Crippen molar-refractivity contribution >= 4 is 16.7 Å². The van der Waals surface area contributed by atoms with Gasteiger partial charge >= 0.3 is 0 Å². The van der Waals surface area contributed by atoms with Crippen LogP contribution in [0.5, 0.6) is 0 Å². The van der Waals surface area contributed by atoms with E-state index < -0.39 is 0 Å². The Morgan fingerprint density at radius 2 is 1.79 bits per heavy atom. The Bertz CT molecular complexity index is 1190. The molecule has 1 amide bonds. The summed E-state index contributed by atoms with van der Waals surface area (Å²) in [6.07, 6.45) is 6.42. The molecule has 0 saturated carbocycles. The molecule has 182 valence electrons. The first-order chi connectivity index (χ1) is 16.4. The van der Waals surface area contributed by atoms with E-state index in [-0.39, 0.29) is 18.0 Å². The Balaban J connectivity index is 1.40. The van der Waals surface area contributed by atoms with Crippen molar-refractivity contribution in [2.45, 2.75) is 78.6 Å². The summed E-state index contributed by atoms with van der Waals surface area (Å²) >= 11 is 0. The summed E-state index contributed by atoms with van der Waals surface area (Å²) in [5, 5.41) is 8.77. The van der Waals surface area contributed by atoms with Gasteiger partial charge in [0.1, 0.15) is 6.54 Å². The van der Waals surface area contributed by atoms with Crippen molar-refractivity contribution in [1.29, 1.82) is 0 Å². The van der Waals surface area contributed by atoms with Crippen molar-refractivity contribution in [3.63, 3.8) is 0 Å². The summed E-state index contributed by atoms with van der Waals surface area (Å²) in [6, 6.07) is 11.4. The number of piperidine rings is 1. The van der Waals surface area contributed by atoms with Gasteiger partial charge in [0, 0.05) is 48.5 Å². The van der Waals surface area contributed by atoms with Gasteiger partial charge in [0.05, 0.1) is 11.6 Å². The average Bonchev–Trinajstić information content (AvgIpc) is 3.06. The Labute approximate surface area is 201 Å². The number of amides is 1. The van der Waals surface area contributed by atoms with Crippen molar-refractivity contribution in [3.05, 3.63) is 63.8 Å². The van der Waals surface area contributed by atoms with Crippen LogP contribution in [0.1, 0.15) is 56.5 Å². The third-order valence-corrected chi connectivity index (χ3v) is 7.37. The van der Waals surface area contributed by atoms with E-state index in [9.17, 15) is 9.59 Å². The smallest absolute Gasteiger partial charge is 0.276 e. The number of hydrogen-bond donors (Lipinski definition) is 1. The Hall–Kier alpha value is -2.93. The maximum absolute atomic E-state index is 13.2. The molecular formula is C27H37N5O2. The van der Waals surface area contributed by atoms with Crippen LogP contribution in [0.25, 0.3) is 10.8 Å². The minimum Gasteiger partial charge on any atom is -0.354 e. The molecule has 1 aliphatic rings. The fourth-order valence-corrected chi connectivity index (χ4v) is 5.36. The predicted octanol–water partition coefficient (Wildman–Crippen LogP) is 3.63. The van der Waals surface area contributed by atoms with Gasteiger partial charge in [-0.1, -0.05) is 36.8 Å². The van der Waals surface area contributed by atoms with Gasteiger partial charge in [-0.15, -0.1) is 0 Å². The minimum absolute atomic E-state index is 0.0619. The van der Waals surface area contributed by atoms with Crippen LogP contribution in [0.15, 0.2) is 41.3 Å². The molecule has 0 bridgehead atoms. The molecule has 0 aliphatic carbocycles. The lowest BCUT2D eigenvalue weighted by Crippen LogP contribution is -2.45. The lowest BCUT2D eigenvalue weighted by Gasteiger charge is -2.39. The van der Waals surface area contributed by atoms with Gasteiger partial charge in [-0.25, -0.2) is 4.68 Å². The molecule has 7 nitrogen and oxygen atoms in total.